The van der Waals surface area contributed by atoms with Crippen LogP contribution in [0.1, 0.15) is 15.9 Å². The molecular weight excluding hydrogens is 408 g/mol. The van der Waals surface area contributed by atoms with Crippen molar-refractivity contribution in [2.45, 2.75) is 6.92 Å². The maximum Gasteiger partial charge on any atom is 0.256 e. The van der Waals surface area contributed by atoms with Crippen LogP contribution in [0.25, 0.3) is 22.2 Å². The monoisotopic (exact) mass is 430 g/mol. The molecule has 0 aliphatic heterocycles. The first-order chi connectivity index (χ1) is 16.2. The van der Waals surface area contributed by atoms with E-state index in [0.717, 1.165) is 33.5 Å². The van der Waals surface area contributed by atoms with E-state index in [0.29, 0.717) is 17.0 Å². The van der Waals surface area contributed by atoms with Gasteiger partial charge in [0.25, 0.3) is 5.91 Å². The highest BCUT2D eigenvalue weighted by molar-refractivity contribution is 6.13. The first-order valence-electron chi connectivity index (χ1n) is 10.8. The van der Waals surface area contributed by atoms with Crippen LogP contribution in [0.5, 0.6) is 11.5 Å². The summed E-state index contributed by atoms with van der Waals surface area (Å²) in [5.74, 6) is 1.29. The minimum Gasteiger partial charge on any atom is -0.457 e. The summed E-state index contributed by atoms with van der Waals surface area (Å²) in [5, 5.41) is 3.82. The minimum atomic E-state index is -0.181. The summed E-state index contributed by atoms with van der Waals surface area (Å²) >= 11 is 0. The van der Waals surface area contributed by atoms with E-state index in [2.05, 4.69) is 11.4 Å². The molecule has 4 aromatic carbocycles. The number of pyridine rings is 1. The average Bonchev–Trinajstić information content (AvgIpc) is 2.85. The van der Waals surface area contributed by atoms with Crippen LogP contribution in [0.2, 0.25) is 0 Å². The second kappa shape index (κ2) is 8.97. The number of hydrogen-bond acceptors (Lipinski definition) is 3. The van der Waals surface area contributed by atoms with E-state index in [-0.39, 0.29) is 5.91 Å². The van der Waals surface area contributed by atoms with Crippen molar-refractivity contribution in [1.82, 2.24) is 4.98 Å². The molecule has 0 saturated heterocycles. The molecule has 0 spiro atoms. The SMILES string of the molecule is Cc1cccc(-c2cc(C(=O)Nc3ccc(Oc4ccccc4)cc3)c3ccccc3n2)c1. The molecule has 1 heterocycles. The Bertz CT molecular complexity index is 1430. The summed E-state index contributed by atoms with van der Waals surface area (Å²) in [6, 6.07) is 34.6. The Morgan fingerprint density at radius 3 is 2.27 bits per heavy atom. The molecule has 33 heavy (non-hydrogen) atoms. The number of anilines is 1. The molecule has 0 atom stereocenters. The Labute approximate surface area is 192 Å². The Morgan fingerprint density at radius 1 is 0.758 bits per heavy atom. The molecule has 4 heteroatoms. The van der Waals surface area contributed by atoms with E-state index in [1.54, 1.807) is 0 Å². The van der Waals surface area contributed by atoms with Gasteiger partial charge in [-0.2, -0.15) is 0 Å². The first-order valence-corrected chi connectivity index (χ1v) is 10.8. The van der Waals surface area contributed by atoms with E-state index in [1.165, 1.54) is 0 Å². The number of nitrogens with zero attached hydrogens (tertiary/aromatic N) is 1. The van der Waals surface area contributed by atoms with Crippen LogP contribution in [0.3, 0.4) is 0 Å². The van der Waals surface area contributed by atoms with Crippen molar-refractivity contribution in [2.24, 2.45) is 0 Å². The van der Waals surface area contributed by atoms with Crippen LogP contribution >= 0.6 is 0 Å². The second-order valence-corrected chi connectivity index (χ2v) is 7.84. The third-order valence-electron chi connectivity index (χ3n) is 5.37. The molecule has 1 N–H and O–H groups in total. The fourth-order valence-electron chi connectivity index (χ4n) is 3.74. The third kappa shape index (κ3) is 4.60. The Kier molecular flexibility index (Phi) is 5.56. The molecule has 160 valence electrons. The minimum absolute atomic E-state index is 0.181. The smallest absolute Gasteiger partial charge is 0.256 e. The van der Waals surface area contributed by atoms with Gasteiger partial charge in [0.2, 0.25) is 0 Å². The lowest BCUT2D eigenvalue weighted by atomic mass is 10.0. The number of carbonyl (C=O) groups is 1. The Hall–Kier alpha value is -4.44. The number of benzene rings is 4. The number of carbonyl (C=O) groups excluding carboxylic acids is 1. The Morgan fingerprint density at radius 2 is 1.48 bits per heavy atom. The number of hydrogen-bond donors (Lipinski definition) is 1. The van der Waals surface area contributed by atoms with Crippen LogP contribution < -0.4 is 10.1 Å². The maximum absolute atomic E-state index is 13.3. The highest BCUT2D eigenvalue weighted by atomic mass is 16.5. The van der Waals surface area contributed by atoms with Gasteiger partial charge in [0.15, 0.2) is 0 Å². The summed E-state index contributed by atoms with van der Waals surface area (Å²) in [7, 11) is 0. The molecule has 5 aromatic rings. The molecule has 0 bridgehead atoms. The molecule has 5 rings (SSSR count). The van der Waals surface area contributed by atoms with Gasteiger partial charge >= 0.3 is 0 Å². The molecule has 0 aliphatic rings. The zero-order valence-corrected chi connectivity index (χ0v) is 18.2. The number of nitrogens with one attached hydrogen (secondary N) is 1. The van der Waals surface area contributed by atoms with E-state index >= 15 is 0 Å². The van der Waals surface area contributed by atoms with Gasteiger partial charge < -0.3 is 10.1 Å². The number of para-hydroxylation sites is 2. The topological polar surface area (TPSA) is 51.2 Å². The van der Waals surface area contributed by atoms with Crippen LogP contribution in [0.15, 0.2) is 109 Å². The molecule has 0 aliphatic carbocycles. The standard InChI is InChI=1S/C29H22N2O2/c1-20-8-7-9-21(18-20)28-19-26(25-12-5-6-13-27(25)31-28)29(32)30-22-14-16-24(17-15-22)33-23-10-3-2-4-11-23/h2-19H,1H3,(H,30,32). The summed E-state index contributed by atoms with van der Waals surface area (Å²) in [5.41, 5.74) is 4.96. The van der Waals surface area contributed by atoms with E-state index in [1.807, 2.05) is 110 Å². The number of fused-ring (bicyclic) bond motifs is 1. The Balaban J connectivity index is 1.43. The van der Waals surface area contributed by atoms with E-state index < -0.39 is 0 Å². The summed E-state index contributed by atoms with van der Waals surface area (Å²) in [6.45, 7) is 2.04. The van der Waals surface area contributed by atoms with Gasteiger partial charge in [0.1, 0.15) is 11.5 Å². The van der Waals surface area contributed by atoms with Gasteiger partial charge in [-0.05, 0) is 61.5 Å². The first kappa shape index (κ1) is 20.5. The second-order valence-electron chi connectivity index (χ2n) is 7.84. The molecule has 0 saturated carbocycles. The van der Waals surface area contributed by atoms with Crippen molar-refractivity contribution in [2.75, 3.05) is 5.32 Å². The van der Waals surface area contributed by atoms with E-state index in [9.17, 15) is 4.79 Å². The molecular formula is C29H22N2O2. The van der Waals surface area contributed by atoms with Crippen molar-refractivity contribution >= 4 is 22.5 Å². The van der Waals surface area contributed by atoms with Gasteiger partial charge in [-0.1, -0.05) is 60.2 Å². The highest BCUT2D eigenvalue weighted by Gasteiger charge is 2.14. The molecule has 0 unspecified atom stereocenters. The predicted octanol–water partition coefficient (Wildman–Crippen LogP) is 7.25. The number of amides is 1. The number of aryl methyl sites for hydroxylation is 1. The lowest BCUT2D eigenvalue weighted by molar-refractivity contribution is 0.102. The number of ether oxygens (including phenoxy) is 1. The van der Waals surface area contributed by atoms with Crippen LogP contribution in [-0.2, 0) is 0 Å². The average molecular weight is 431 g/mol. The largest absolute Gasteiger partial charge is 0.457 e. The van der Waals surface area contributed by atoms with Crippen molar-refractivity contribution in [3.63, 3.8) is 0 Å². The fourth-order valence-corrected chi connectivity index (χ4v) is 3.74. The van der Waals surface area contributed by atoms with Gasteiger partial charge in [-0.15, -0.1) is 0 Å². The molecule has 0 radical (unpaired) electrons. The fraction of sp³-hybridized carbons (Fsp3) is 0.0345. The zero-order chi connectivity index (χ0) is 22.6. The number of rotatable bonds is 5. The molecule has 1 amide bonds. The van der Waals surface area contributed by atoms with Crippen molar-refractivity contribution in [3.05, 3.63) is 120 Å². The summed E-state index contributed by atoms with van der Waals surface area (Å²) in [4.78, 5) is 18.1. The van der Waals surface area contributed by atoms with Crippen LogP contribution in [0, 0.1) is 6.92 Å². The normalized spacial score (nSPS) is 10.7. The highest BCUT2D eigenvalue weighted by Crippen LogP contribution is 2.27. The molecule has 0 fully saturated rings. The van der Waals surface area contributed by atoms with Crippen LogP contribution in [-0.4, -0.2) is 10.9 Å². The lowest BCUT2D eigenvalue weighted by Gasteiger charge is -2.12. The van der Waals surface area contributed by atoms with E-state index in [4.69, 9.17) is 9.72 Å². The van der Waals surface area contributed by atoms with Gasteiger partial charge in [-0.3, -0.25) is 4.79 Å². The third-order valence-corrected chi connectivity index (χ3v) is 5.37. The van der Waals surface area contributed by atoms with Gasteiger partial charge in [-0.25, -0.2) is 4.98 Å². The van der Waals surface area contributed by atoms with Gasteiger partial charge in [0, 0.05) is 16.6 Å². The van der Waals surface area contributed by atoms with Crippen molar-refractivity contribution in [1.29, 1.82) is 0 Å². The molecule has 4 nitrogen and oxygen atoms in total. The van der Waals surface area contributed by atoms with Crippen molar-refractivity contribution in [3.8, 4) is 22.8 Å². The van der Waals surface area contributed by atoms with Crippen LogP contribution in [0.4, 0.5) is 5.69 Å². The zero-order valence-electron chi connectivity index (χ0n) is 18.2. The lowest BCUT2D eigenvalue weighted by Crippen LogP contribution is -2.13. The van der Waals surface area contributed by atoms with Gasteiger partial charge in [0.05, 0.1) is 16.8 Å². The predicted molar refractivity (Wildman–Crippen MR) is 133 cm³/mol. The van der Waals surface area contributed by atoms with Crippen molar-refractivity contribution < 1.29 is 9.53 Å². The number of aromatic nitrogens is 1. The molecule has 1 aromatic heterocycles. The summed E-state index contributed by atoms with van der Waals surface area (Å²) < 4.78 is 5.83. The maximum atomic E-state index is 13.3. The summed E-state index contributed by atoms with van der Waals surface area (Å²) in [6.07, 6.45) is 0. The quantitative estimate of drug-likeness (QED) is 0.319.